The molecule has 7 nitrogen and oxygen atoms in total. The Balaban J connectivity index is 3.50. The molecule has 0 aliphatic carbocycles. The normalized spacial score (nSPS) is 10.4. The van der Waals surface area contributed by atoms with Crippen molar-refractivity contribution in [2.45, 2.75) is 13.3 Å². The van der Waals surface area contributed by atoms with Crippen molar-refractivity contribution in [3.05, 3.63) is 27.6 Å². The molecule has 1 aromatic rings. The molecule has 0 aliphatic rings. The van der Waals surface area contributed by atoms with Crippen LogP contribution in [0.1, 0.15) is 29.4 Å². The van der Waals surface area contributed by atoms with Gasteiger partial charge in [-0.2, -0.15) is 0 Å². The van der Waals surface area contributed by atoms with E-state index in [0.717, 1.165) is 7.11 Å². The van der Waals surface area contributed by atoms with Gasteiger partial charge in [0.1, 0.15) is 0 Å². The second-order valence-corrected chi connectivity index (χ2v) is 3.22. The Kier molecular flexibility index (Phi) is 4.67. The van der Waals surface area contributed by atoms with Gasteiger partial charge >= 0.3 is 11.7 Å². The van der Waals surface area contributed by atoms with E-state index in [2.05, 4.69) is 14.5 Å². The van der Waals surface area contributed by atoms with Crippen LogP contribution in [0.4, 0.5) is 14.5 Å². The van der Waals surface area contributed by atoms with Gasteiger partial charge in [-0.1, -0.05) is 0 Å². The molecule has 0 radical (unpaired) electrons. The summed E-state index contributed by atoms with van der Waals surface area (Å²) in [5, 5.41) is 10.9. The minimum atomic E-state index is -3.02. The van der Waals surface area contributed by atoms with Crippen molar-refractivity contribution in [3.8, 4) is 5.75 Å². The number of carbonyl (C=O) groups is 1. The molecule has 0 aliphatic heterocycles. The summed E-state index contributed by atoms with van der Waals surface area (Å²) in [6, 6.07) is 0. The molecule has 1 rings (SSSR count). The zero-order chi connectivity index (χ0) is 14.6. The predicted molar refractivity (Wildman–Crippen MR) is 58.4 cm³/mol. The van der Waals surface area contributed by atoms with Gasteiger partial charge in [0.05, 0.1) is 24.2 Å². The van der Waals surface area contributed by atoms with E-state index < -0.39 is 40.0 Å². The monoisotopic (exact) mass is 276 g/mol. The van der Waals surface area contributed by atoms with Crippen LogP contribution in [-0.4, -0.2) is 29.6 Å². The summed E-state index contributed by atoms with van der Waals surface area (Å²) in [4.78, 5) is 24.8. The molecule has 0 saturated heterocycles. The predicted octanol–water partition coefficient (Wildman–Crippen LogP) is 2.11. The highest BCUT2D eigenvalue weighted by Gasteiger charge is 2.33. The number of rotatable bonds is 5. The number of nitro groups is 1. The first-order chi connectivity index (χ1) is 8.93. The van der Waals surface area contributed by atoms with E-state index in [4.69, 9.17) is 0 Å². The number of ether oxygens (including phenoxy) is 2. The van der Waals surface area contributed by atoms with E-state index in [-0.39, 0.29) is 6.61 Å². The summed E-state index contributed by atoms with van der Waals surface area (Å²) in [6.45, 7) is 1.46. The first kappa shape index (κ1) is 14.7. The van der Waals surface area contributed by atoms with E-state index in [1.54, 1.807) is 0 Å². The Morgan fingerprint density at radius 1 is 1.58 bits per heavy atom. The van der Waals surface area contributed by atoms with Crippen molar-refractivity contribution in [2.24, 2.45) is 0 Å². The Labute approximate surface area is 106 Å². The molecule has 1 heterocycles. The summed E-state index contributed by atoms with van der Waals surface area (Å²) in [7, 11) is 0.989. The van der Waals surface area contributed by atoms with Crippen LogP contribution in [0.25, 0.3) is 0 Å². The number of nitrogens with zero attached hydrogens (tertiary/aromatic N) is 2. The van der Waals surface area contributed by atoms with Gasteiger partial charge < -0.3 is 9.47 Å². The largest absolute Gasteiger partial charge is 0.490 e. The van der Waals surface area contributed by atoms with Crippen molar-refractivity contribution in [3.63, 3.8) is 0 Å². The van der Waals surface area contributed by atoms with Crippen LogP contribution in [-0.2, 0) is 4.74 Å². The lowest BCUT2D eigenvalue weighted by Gasteiger charge is -2.10. The van der Waals surface area contributed by atoms with Crippen LogP contribution in [0.3, 0.4) is 0 Å². The average molecular weight is 276 g/mol. The lowest BCUT2D eigenvalue weighted by molar-refractivity contribution is -0.386. The number of pyridine rings is 1. The molecule has 0 N–H and O–H groups in total. The smallest absolute Gasteiger partial charge is 0.364 e. The van der Waals surface area contributed by atoms with Gasteiger partial charge in [0.15, 0.2) is 0 Å². The van der Waals surface area contributed by atoms with Crippen LogP contribution >= 0.6 is 0 Å². The molecule has 0 unspecified atom stereocenters. The highest BCUT2D eigenvalue weighted by molar-refractivity contribution is 5.93. The molecule has 104 valence electrons. The highest BCUT2D eigenvalue weighted by atomic mass is 19.3. The molecule has 0 atom stereocenters. The standard InChI is InChI=1S/C10H10F2N2O5/c1-3-19-10(15)6-7(14(16)17)8(18-2)5(4-13-6)9(11)12/h4,9H,3H2,1-2H3. The number of hydrogen-bond acceptors (Lipinski definition) is 6. The third-order valence-corrected chi connectivity index (χ3v) is 2.12. The quantitative estimate of drug-likeness (QED) is 0.464. The van der Waals surface area contributed by atoms with E-state index in [9.17, 15) is 23.7 Å². The molecular weight excluding hydrogens is 266 g/mol. The van der Waals surface area contributed by atoms with Gasteiger partial charge in [0.25, 0.3) is 6.43 Å². The summed E-state index contributed by atoms with van der Waals surface area (Å²) in [5.74, 6) is -1.77. The van der Waals surface area contributed by atoms with Gasteiger partial charge in [0, 0.05) is 6.20 Å². The summed E-state index contributed by atoms with van der Waals surface area (Å²) < 4.78 is 34.5. The summed E-state index contributed by atoms with van der Waals surface area (Å²) >= 11 is 0. The van der Waals surface area contributed by atoms with E-state index in [1.807, 2.05) is 0 Å². The van der Waals surface area contributed by atoms with Crippen LogP contribution in [0, 0.1) is 10.1 Å². The number of carbonyl (C=O) groups excluding carboxylic acids is 1. The number of hydrogen-bond donors (Lipinski definition) is 0. The number of methoxy groups -OCH3 is 1. The Morgan fingerprint density at radius 3 is 2.63 bits per heavy atom. The maximum absolute atomic E-state index is 12.7. The maximum atomic E-state index is 12.7. The van der Waals surface area contributed by atoms with E-state index in [0.29, 0.717) is 6.20 Å². The van der Waals surface area contributed by atoms with Crippen LogP contribution < -0.4 is 4.74 Å². The second kappa shape index (κ2) is 6.03. The molecule has 19 heavy (non-hydrogen) atoms. The number of halogens is 2. The third kappa shape index (κ3) is 2.92. The number of alkyl halides is 2. The molecule has 9 heteroatoms. The minimum absolute atomic E-state index is 0.0312. The van der Waals surface area contributed by atoms with Gasteiger partial charge in [0.2, 0.25) is 11.4 Å². The molecule has 0 saturated carbocycles. The minimum Gasteiger partial charge on any atom is -0.490 e. The van der Waals surface area contributed by atoms with E-state index in [1.165, 1.54) is 6.92 Å². The summed E-state index contributed by atoms with van der Waals surface area (Å²) in [5.41, 5.74) is -2.37. The van der Waals surface area contributed by atoms with Crippen LogP contribution in [0.2, 0.25) is 0 Å². The van der Waals surface area contributed by atoms with Gasteiger partial charge in [-0.3, -0.25) is 10.1 Å². The first-order valence-corrected chi connectivity index (χ1v) is 5.10. The molecule has 1 aromatic heterocycles. The van der Waals surface area contributed by atoms with Crippen molar-refractivity contribution < 1.29 is 28.0 Å². The lowest BCUT2D eigenvalue weighted by atomic mass is 10.2. The Morgan fingerprint density at radius 2 is 2.21 bits per heavy atom. The number of esters is 1. The van der Waals surface area contributed by atoms with E-state index >= 15 is 0 Å². The fraction of sp³-hybridized carbons (Fsp3) is 0.400. The van der Waals surface area contributed by atoms with Gasteiger partial charge in [-0.25, -0.2) is 18.6 Å². The molecular formula is C10H10F2N2O5. The molecule has 0 amide bonds. The Hall–Kier alpha value is -2.32. The topological polar surface area (TPSA) is 91.6 Å². The lowest BCUT2D eigenvalue weighted by Crippen LogP contribution is -2.12. The Bertz CT molecular complexity index is 507. The van der Waals surface area contributed by atoms with Crippen molar-refractivity contribution in [1.29, 1.82) is 0 Å². The van der Waals surface area contributed by atoms with Gasteiger partial charge in [-0.05, 0) is 6.92 Å². The summed E-state index contributed by atoms with van der Waals surface area (Å²) in [6.07, 6.45) is -2.36. The SMILES string of the molecule is CCOC(=O)c1ncc(C(F)F)c(OC)c1[N+](=O)[O-]. The first-order valence-electron chi connectivity index (χ1n) is 5.10. The maximum Gasteiger partial charge on any atom is 0.364 e. The van der Waals surface area contributed by atoms with Crippen molar-refractivity contribution in [2.75, 3.05) is 13.7 Å². The third-order valence-electron chi connectivity index (χ3n) is 2.12. The second-order valence-electron chi connectivity index (χ2n) is 3.22. The van der Waals surface area contributed by atoms with Crippen LogP contribution in [0.5, 0.6) is 5.75 Å². The highest BCUT2D eigenvalue weighted by Crippen LogP contribution is 2.38. The molecule has 0 spiro atoms. The molecule has 0 aromatic carbocycles. The van der Waals surface area contributed by atoms with Crippen LogP contribution in [0.15, 0.2) is 6.20 Å². The zero-order valence-corrected chi connectivity index (χ0v) is 10.1. The average Bonchev–Trinajstić information content (AvgIpc) is 2.36. The zero-order valence-electron chi connectivity index (χ0n) is 10.1. The fourth-order valence-corrected chi connectivity index (χ4v) is 1.39. The van der Waals surface area contributed by atoms with Crippen molar-refractivity contribution >= 4 is 11.7 Å². The molecule has 0 bridgehead atoms. The molecule has 0 fully saturated rings. The van der Waals surface area contributed by atoms with Crippen molar-refractivity contribution in [1.82, 2.24) is 4.98 Å². The fourth-order valence-electron chi connectivity index (χ4n) is 1.39. The number of aromatic nitrogens is 1. The van der Waals surface area contributed by atoms with Gasteiger partial charge in [-0.15, -0.1) is 0 Å².